The fourth-order valence-corrected chi connectivity index (χ4v) is 2.94. The van der Waals surface area contributed by atoms with Crippen LogP contribution in [0.3, 0.4) is 0 Å². The lowest BCUT2D eigenvalue weighted by Crippen LogP contribution is -2.30. The molecule has 2 fully saturated rings. The van der Waals surface area contributed by atoms with Gasteiger partial charge >= 0.3 is 0 Å². The Kier molecular flexibility index (Phi) is 4.26. The third-order valence-corrected chi connectivity index (χ3v) is 4.68. The molecule has 0 spiro atoms. The van der Waals surface area contributed by atoms with Crippen molar-refractivity contribution in [2.45, 2.75) is 52.0 Å². The molecule has 1 aliphatic heterocycles. The van der Waals surface area contributed by atoms with Gasteiger partial charge in [-0.15, -0.1) is 0 Å². The fraction of sp³-hybridized carbons (Fsp3) is 0.867. The topological polar surface area (TPSA) is 15.3 Å². The molecule has 2 heteroatoms. The van der Waals surface area contributed by atoms with E-state index in [-0.39, 0.29) is 0 Å². The molecular formula is C15H28N2. The van der Waals surface area contributed by atoms with Crippen LogP contribution < -0.4 is 5.32 Å². The summed E-state index contributed by atoms with van der Waals surface area (Å²) in [7, 11) is 0. The Morgan fingerprint density at radius 1 is 1.35 bits per heavy atom. The van der Waals surface area contributed by atoms with Gasteiger partial charge in [0.15, 0.2) is 0 Å². The van der Waals surface area contributed by atoms with Gasteiger partial charge < -0.3 is 5.32 Å². The average Bonchev–Trinajstić information content (AvgIpc) is 3.08. The van der Waals surface area contributed by atoms with E-state index in [0.29, 0.717) is 5.41 Å². The summed E-state index contributed by atoms with van der Waals surface area (Å²) < 4.78 is 0. The van der Waals surface area contributed by atoms with Crippen molar-refractivity contribution in [3.8, 4) is 0 Å². The standard InChI is InChI=1S/C15H28N2/c1-4-15(5-2)8-9-17(12-15)11-13(3)10-16-14-6-7-14/h14,16H,3-12H2,1-2H3. The van der Waals surface area contributed by atoms with Crippen molar-refractivity contribution in [1.29, 1.82) is 0 Å². The Bertz CT molecular complexity index is 264. The van der Waals surface area contributed by atoms with Gasteiger partial charge in [-0.05, 0) is 49.6 Å². The van der Waals surface area contributed by atoms with Gasteiger partial charge in [0.05, 0.1) is 0 Å². The maximum Gasteiger partial charge on any atom is 0.0203 e. The first-order chi connectivity index (χ1) is 8.17. The first-order valence-corrected chi connectivity index (χ1v) is 7.30. The molecule has 17 heavy (non-hydrogen) atoms. The van der Waals surface area contributed by atoms with Gasteiger partial charge in [0.1, 0.15) is 0 Å². The van der Waals surface area contributed by atoms with Gasteiger partial charge in [0.25, 0.3) is 0 Å². The van der Waals surface area contributed by atoms with Crippen LogP contribution >= 0.6 is 0 Å². The van der Waals surface area contributed by atoms with Gasteiger partial charge in [-0.1, -0.05) is 20.4 Å². The molecule has 2 rings (SSSR count). The van der Waals surface area contributed by atoms with Crippen LogP contribution in [0.4, 0.5) is 0 Å². The highest BCUT2D eigenvalue weighted by molar-refractivity contribution is 5.03. The van der Waals surface area contributed by atoms with Gasteiger partial charge in [-0.25, -0.2) is 0 Å². The molecule has 1 saturated heterocycles. The Hall–Kier alpha value is -0.340. The zero-order chi connectivity index (χ0) is 12.3. The highest BCUT2D eigenvalue weighted by Crippen LogP contribution is 2.36. The second-order valence-electron chi connectivity index (χ2n) is 6.07. The van der Waals surface area contributed by atoms with Crippen molar-refractivity contribution in [2.75, 3.05) is 26.2 Å². The lowest BCUT2D eigenvalue weighted by Gasteiger charge is -2.26. The normalized spacial score (nSPS) is 24.1. The molecule has 2 aliphatic rings. The van der Waals surface area contributed by atoms with Crippen LogP contribution in [0, 0.1) is 5.41 Å². The minimum absolute atomic E-state index is 0.601. The number of hydrogen-bond acceptors (Lipinski definition) is 2. The lowest BCUT2D eigenvalue weighted by molar-refractivity contribution is 0.249. The molecule has 1 saturated carbocycles. The van der Waals surface area contributed by atoms with E-state index in [0.717, 1.165) is 19.1 Å². The first-order valence-electron chi connectivity index (χ1n) is 7.30. The Balaban J connectivity index is 1.70. The molecule has 0 radical (unpaired) electrons. The van der Waals surface area contributed by atoms with Crippen LogP contribution in [0.15, 0.2) is 12.2 Å². The van der Waals surface area contributed by atoms with Crippen molar-refractivity contribution in [2.24, 2.45) is 5.41 Å². The highest BCUT2D eigenvalue weighted by atomic mass is 15.2. The monoisotopic (exact) mass is 236 g/mol. The predicted molar refractivity (Wildman–Crippen MR) is 74.2 cm³/mol. The van der Waals surface area contributed by atoms with Crippen molar-refractivity contribution in [3.05, 3.63) is 12.2 Å². The van der Waals surface area contributed by atoms with Gasteiger partial charge in [0, 0.05) is 25.7 Å². The largest absolute Gasteiger partial charge is 0.310 e. The summed E-state index contributed by atoms with van der Waals surface area (Å²) in [4.78, 5) is 2.60. The van der Waals surface area contributed by atoms with Crippen molar-refractivity contribution in [1.82, 2.24) is 10.2 Å². The smallest absolute Gasteiger partial charge is 0.0203 e. The highest BCUT2D eigenvalue weighted by Gasteiger charge is 2.34. The minimum atomic E-state index is 0.601. The number of likely N-dealkylation sites (tertiary alicyclic amines) is 1. The van der Waals surface area contributed by atoms with Crippen molar-refractivity contribution >= 4 is 0 Å². The minimum Gasteiger partial charge on any atom is -0.310 e. The van der Waals surface area contributed by atoms with Crippen LogP contribution in [-0.4, -0.2) is 37.1 Å². The quantitative estimate of drug-likeness (QED) is 0.684. The van der Waals surface area contributed by atoms with E-state index in [1.165, 1.54) is 50.8 Å². The first kappa shape index (κ1) is 13.1. The molecule has 1 aliphatic carbocycles. The summed E-state index contributed by atoms with van der Waals surface area (Å²) in [6.07, 6.45) is 6.76. The van der Waals surface area contributed by atoms with Gasteiger partial charge in [0.2, 0.25) is 0 Å². The summed E-state index contributed by atoms with van der Waals surface area (Å²) in [6, 6.07) is 0.802. The fourth-order valence-electron chi connectivity index (χ4n) is 2.94. The molecule has 0 amide bonds. The molecule has 0 aromatic carbocycles. The number of nitrogens with one attached hydrogen (secondary N) is 1. The van der Waals surface area contributed by atoms with Crippen molar-refractivity contribution in [3.63, 3.8) is 0 Å². The zero-order valence-corrected chi connectivity index (χ0v) is 11.6. The molecule has 2 nitrogen and oxygen atoms in total. The van der Waals surface area contributed by atoms with Crippen LogP contribution in [0.1, 0.15) is 46.0 Å². The van der Waals surface area contributed by atoms with E-state index >= 15 is 0 Å². The number of nitrogens with zero attached hydrogens (tertiary/aromatic N) is 1. The summed E-state index contributed by atoms with van der Waals surface area (Å²) in [5.41, 5.74) is 1.96. The van der Waals surface area contributed by atoms with E-state index in [1.54, 1.807) is 0 Å². The third-order valence-electron chi connectivity index (χ3n) is 4.68. The van der Waals surface area contributed by atoms with Gasteiger partial charge in [-0.2, -0.15) is 0 Å². The average molecular weight is 236 g/mol. The second kappa shape index (κ2) is 5.53. The molecular weight excluding hydrogens is 208 g/mol. The van der Waals surface area contributed by atoms with Crippen molar-refractivity contribution < 1.29 is 0 Å². The molecule has 1 N–H and O–H groups in total. The van der Waals surface area contributed by atoms with E-state index < -0.39 is 0 Å². The summed E-state index contributed by atoms with van der Waals surface area (Å²) in [5.74, 6) is 0. The van der Waals surface area contributed by atoms with Crippen LogP contribution in [0.2, 0.25) is 0 Å². The number of hydrogen-bond donors (Lipinski definition) is 1. The van der Waals surface area contributed by atoms with E-state index in [2.05, 4.69) is 30.6 Å². The predicted octanol–water partition coefficient (Wildman–Crippen LogP) is 2.81. The molecule has 0 aromatic rings. The second-order valence-corrected chi connectivity index (χ2v) is 6.07. The Morgan fingerprint density at radius 3 is 2.59 bits per heavy atom. The molecule has 0 atom stereocenters. The molecule has 0 unspecified atom stereocenters. The Labute approximate surface area is 106 Å². The maximum absolute atomic E-state index is 4.21. The van der Waals surface area contributed by atoms with Crippen LogP contribution in [0.25, 0.3) is 0 Å². The molecule has 0 aromatic heterocycles. The molecule has 1 heterocycles. The van der Waals surface area contributed by atoms with Crippen LogP contribution in [0.5, 0.6) is 0 Å². The van der Waals surface area contributed by atoms with Gasteiger partial charge in [-0.3, -0.25) is 4.90 Å². The summed E-state index contributed by atoms with van der Waals surface area (Å²) >= 11 is 0. The maximum atomic E-state index is 4.21. The zero-order valence-electron chi connectivity index (χ0n) is 11.6. The van der Waals surface area contributed by atoms with E-state index in [4.69, 9.17) is 0 Å². The molecule has 98 valence electrons. The van der Waals surface area contributed by atoms with E-state index in [9.17, 15) is 0 Å². The molecule has 0 bridgehead atoms. The third kappa shape index (κ3) is 3.56. The Morgan fingerprint density at radius 2 is 2.06 bits per heavy atom. The van der Waals surface area contributed by atoms with Crippen LogP contribution in [-0.2, 0) is 0 Å². The lowest BCUT2D eigenvalue weighted by atomic mass is 9.82. The summed E-state index contributed by atoms with van der Waals surface area (Å²) in [5, 5.41) is 3.55. The SMILES string of the molecule is C=C(CNC1CC1)CN1CCC(CC)(CC)C1. The number of rotatable bonds is 7. The van der Waals surface area contributed by atoms with E-state index in [1.807, 2.05) is 0 Å². The summed E-state index contributed by atoms with van der Waals surface area (Å²) in [6.45, 7) is 13.6.